The second-order valence-electron chi connectivity index (χ2n) is 12.7. The zero-order chi connectivity index (χ0) is 29.2. The van der Waals surface area contributed by atoms with Crippen LogP contribution in [0.25, 0.3) is 11.3 Å². The molecule has 7 rings (SSSR count). The molecule has 2 N–H and O–H groups in total. The molecule has 4 unspecified atom stereocenters. The molecular weight excluding hydrogens is 543 g/mol. The molecule has 3 amide bonds. The van der Waals surface area contributed by atoms with Crippen molar-refractivity contribution in [3.8, 4) is 17.1 Å². The number of carbonyl (C=O) groups is 2. The van der Waals surface area contributed by atoms with Gasteiger partial charge in [-0.3, -0.25) is 4.79 Å². The van der Waals surface area contributed by atoms with Gasteiger partial charge in [0.25, 0.3) is 5.91 Å². The van der Waals surface area contributed by atoms with Gasteiger partial charge in [-0.15, -0.1) is 0 Å². The van der Waals surface area contributed by atoms with E-state index < -0.39 is 17.4 Å². The van der Waals surface area contributed by atoms with Crippen LogP contribution in [0.4, 0.5) is 20.8 Å². The van der Waals surface area contributed by atoms with Gasteiger partial charge in [0.1, 0.15) is 17.0 Å². The van der Waals surface area contributed by atoms with E-state index in [1.54, 1.807) is 11.0 Å². The highest BCUT2D eigenvalue weighted by Crippen LogP contribution is 2.59. The summed E-state index contributed by atoms with van der Waals surface area (Å²) in [5.74, 6) is -0.281. The first kappa shape index (κ1) is 27.3. The van der Waals surface area contributed by atoms with E-state index in [0.29, 0.717) is 56.1 Å². The highest BCUT2D eigenvalue weighted by atomic mass is 19.1. The number of halogens is 1. The number of urea groups is 1. The van der Waals surface area contributed by atoms with Crippen LogP contribution in [0.15, 0.2) is 18.2 Å². The number of likely N-dealkylation sites (N-methyl/N-ethyl adjacent to an activating group) is 1. The minimum absolute atomic E-state index is 0.0197. The van der Waals surface area contributed by atoms with Crippen LogP contribution in [0.2, 0.25) is 0 Å². The summed E-state index contributed by atoms with van der Waals surface area (Å²) in [4.78, 5) is 39.7. The number of ether oxygens (including phenoxy) is 3. The topological polar surface area (TPSA) is 118 Å². The van der Waals surface area contributed by atoms with Crippen LogP contribution < -0.4 is 20.3 Å². The standard InChI is InChI=1S/C30H37FN6O5/c1-4-36-15-29(2,3)42-25-23(26(36)38)24(34-27(35-25)37-14-22-30(16-37)10-9-21(30)41-22)17-7-8-20(19(31)12-17)33-28(39)32-13-18-6-5-11-40-18/h7-8,12,18,21-22H,4-6,9-11,13-16H2,1-3H3,(H2,32,33,39). The fourth-order valence-electron chi connectivity index (χ4n) is 6.97. The molecule has 4 aliphatic heterocycles. The van der Waals surface area contributed by atoms with Gasteiger partial charge in [-0.25, -0.2) is 14.2 Å². The lowest BCUT2D eigenvalue weighted by molar-refractivity contribution is -0.279. The number of aromatic nitrogens is 2. The molecule has 4 atom stereocenters. The van der Waals surface area contributed by atoms with Crippen LogP contribution in [0.3, 0.4) is 0 Å². The number of carbonyl (C=O) groups excluding carboxylic acids is 2. The Morgan fingerprint density at radius 3 is 2.71 bits per heavy atom. The maximum atomic E-state index is 15.5. The minimum Gasteiger partial charge on any atom is -0.469 e. The number of benzene rings is 1. The molecule has 5 heterocycles. The summed E-state index contributed by atoms with van der Waals surface area (Å²) < 4.78 is 33.4. The number of hydrogen-bond acceptors (Lipinski definition) is 8. The molecule has 5 aliphatic rings. The molecule has 42 heavy (non-hydrogen) atoms. The van der Waals surface area contributed by atoms with Crippen molar-refractivity contribution in [2.24, 2.45) is 5.41 Å². The Kier molecular flexibility index (Phi) is 6.54. The molecule has 0 bridgehead atoms. The summed E-state index contributed by atoms with van der Waals surface area (Å²) in [5, 5.41) is 5.31. The maximum absolute atomic E-state index is 15.5. The average molecular weight is 581 g/mol. The van der Waals surface area contributed by atoms with Crippen molar-refractivity contribution in [1.82, 2.24) is 20.2 Å². The van der Waals surface area contributed by atoms with Gasteiger partial charge in [-0.05, 0) is 58.6 Å². The van der Waals surface area contributed by atoms with E-state index in [4.69, 9.17) is 24.2 Å². The predicted octanol–water partition coefficient (Wildman–Crippen LogP) is 3.58. The van der Waals surface area contributed by atoms with Gasteiger partial charge >= 0.3 is 6.03 Å². The highest BCUT2D eigenvalue weighted by molar-refractivity contribution is 6.03. The minimum atomic E-state index is -0.694. The number of nitrogens with one attached hydrogen (secondary N) is 2. The van der Waals surface area contributed by atoms with Gasteiger partial charge in [-0.2, -0.15) is 4.98 Å². The van der Waals surface area contributed by atoms with E-state index in [0.717, 1.165) is 32.2 Å². The van der Waals surface area contributed by atoms with Crippen LogP contribution in [0.1, 0.15) is 56.8 Å². The van der Waals surface area contributed by atoms with Gasteiger partial charge < -0.3 is 34.6 Å². The van der Waals surface area contributed by atoms with E-state index in [9.17, 15) is 9.59 Å². The molecule has 4 fully saturated rings. The molecule has 224 valence electrons. The Morgan fingerprint density at radius 1 is 1.19 bits per heavy atom. The van der Waals surface area contributed by atoms with Crippen molar-refractivity contribution < 1.29 is 28.2 Å². The fourth-order valence-corrected chi connectivity index (χ4v) is 6.97. The zero-order valence-corrected chi connectivity index (χ0v) is 24.2. The van der Waals surface area contributed by atoms with Gasteiger partial charge in [0.05, 0.1) is 36.2 Å². The van der Waals surface area contributed by atoms with Crippen LogP contribution >= 0.6 is 0 Å². The summed E-state index contributed by atoms with van der Waals surface area (Å²) in [7, 11) is 0. The SMILES string of the molecule is CCN1CC(C)(C)Oc2nc(N3CC4OC5CCC54C3)nc(-c3ccc(NC(=O)NCC4CCCO4)c(F)c3)c2C1=O. The van der Waals surface area contributed by atoms with Crippen molar-refractivity contribution in [3.63, 3.8) is 0 Å². The number of hydrogen-bond donors (Lipinski definition) is 2. The largest absolute Gasteiger partial charge is 0.469 e. The number of fused-ring (bicyclic) bond motifs is 1. The Bertz CT molecular complexity index is 1430. The van der Waals surface area contributed by atoms with E-state index >= 15 is 4.39 Å². The lowest BCUT2D eigenvalue weighted by atomic mass is 9.60. The van der Waals surface area contributed by atoms with Crippen LogP contribution in [0.5, 0.6) is 5.88 Å². The van der Waals surface area contributed by atoms with Crippen molar-refractivity contribution in [2.45, 2.75) is 70.4 Å². The normalized spacial score (nSPS) is 29.0. The van der Waals surface area contributed by atoms with E-state index in [2.05, 4.69) is 15.5 Å². The van der Waals surface area contributed by atoms with Gasteiger partial charge in [0.2, 0.25) is 11.8 Å². The van der Waals surface area contributed by atoms with Gasteiger partial charge in [0.15, 0.2) is 0 Å². The summed E-state index contributed by atoms with van der Waals surface area (Å²) in [5.41, 5.74) is 0.372. The number of amides is 3. The van der Waals surface area contributed by atoms with Crippen LogP contribution in [0, 0.1) is 11.2 Å². The summed E-state index contributed by atoms with van der Waals surface area (Å²) in [6.45, 7) is 9.08. The Labute approximate surface area is 244 Å². The predicted molar refractivity (Wildman–Crippen MR) is 152 cm³/mol. The molecule has 1 aromatic carbocycles. The van der Waals surface area contributed by atoms with Crippen molar-refractivity contribution in [1.29, 1.82) is 0 Å². The Morgan fingerprint density at radius 2 is 2.05 bits per heavy atom. The highest BCUT2D eigenvalue weighted by Gasteiger charge is 2.66. The second kappa shape index (κ2) is 10.0. The van der Waals surface area contributed by atoms with Gasteiger partial charge in [0, 0.05) is 43.8 Å². The van der Waals surface area contributed by atoms with Crippen molar-refractivity contribution in [3.05, 3.63) is 29.6 Å². The first-order valence-electron chi connectivity index (χ1n) is 14.9. The van der Waals surface area contributed by atoms with E-state index in [-0.39, 0.29) is 40.7 Å². The fraction of sp³-hybridized carbons (Fsp3) is 0.600. The molecule has 2 aromatic rings. The number of anilines is 2. The van der Waals surface area contributed by atoms with Crippen LogP contribution in [-0.4, -0.2) is 90.0 Å². The quantitative estimate of drug-likeness (QED) is 0.533. The van der Waals surface area contributed by atoms with Gasteiger partial charge in [-0.1, -0.05) is 6.07 Å². The first-order valence-corrected chi connectivity index (χ1v) is 14.9. The molecule has 11 nitrogen and oxygen atoms in total. The maximum Gasteiger partial charge on any atom is 0.319 e. The smallest absolute Gasteiger partial charge is 0.319 e. The third kappa shape index (κ3) is 4.55. The molecule has 1 spiro atoms. The first-order chi connectivity index (χ1) is 20.2. The zero-order valence-electron chi connectivity index (χ0n) is 24.2. The third-order valence-corrected chi connectivity index (χ3v) is 9.33. The average Bonchev–Trinajstić information content (AvgIpc) is 3.59. The van der Waals surface area contributed by atoms with Crippen molar-refractivity contribution >= 4 is 23.6 Å². The summed E-state index contributed by atoms with van der Waals surface area (Å²) in [6.07, 6.45) is 4.45. The lowest BCUT2D eigenvalue weighted by Crippen LogP contribution is -2.65. The van der Waals surface area contributed by atoms with Crippen molar-refractivity contribution in [2.75, 3.05) is 49.5 Å². The second-order valence-corrected chi connectivity index (χ2v) is 12.7. The summed E-state index contributed by atoms with van der Waals surface area (Å²) >= 11 is 0. The lowest BCUT2D eigenvalue weighted by Gasteiger charge is -2.59. The monoisotopic (exact) mass is 580 g/mol. The van der Waals surface area contributed by atoms with E-state index in [1.165, 1.54) is 12.1 Å². The Hall–Kier alpha value is -3.51. The molecular formula is C30H37FN6O5. The Balaban J connectivity index is 1.22. The third-order valence-electron chi connectivity index (χ3n) is 9.33. The molecule has 1 aliphatic carbocycles. The number of rotatable bonds is 6. The summed E-state index contributed by atoms with van der Waals surface area (Å²) in [6, 6.07) is 3.91. The van der Waals surface area contributed by atoms with E-state index in [1.807, 2.05) is 20.8 Å². The molecule has 1 aromatic heterocycles. The molecule has 1 saturated carbocycles. The molecule has 12 heteroatoms. The number of nitrogens with zero attached hydrogens (tertiary/aromatic N) is 4. The molecule has 3 saturated heterocycles. The van der Waals surface area contributed by atoms with Crippen LogP contribution in [-0.2, 0) is 9.47 Å². The molecule has 0 radical (unpaired) electrons.